The fourth-order valence-corrected chi connectivity index (χ4v) is 2.13. The van der Waals surface area contributed by atoms with Crippen LogP contribution in [0.2, 0.25) is 0 Å². The zero-order chi connectivity index (χ0) is 15.8. The fourth-order valence-electron chi connectivity index (χ4n) is 2.13. The first-order valence-corrected chi connectivity index (χ1v) is 5.93. The van der Waals surface area contributed by atoms with Gasteiger partial charge in [-0.2, -0.15) is 4.39 Å². The second kappa shape index (κ2) is 5.40. The van der Waals surface area contributed by atoms with Crippen LogP contribution in [0.15, 0.2) is 15.8 Å². The summed E-state index contributed by atoms with van der Waals surface area (Å²) in [7, 11) is 0. The lowest BCUT2D eigenvalue weighted by atomic mass is 9.96. The van der Waals surface area contributed by atoms with Gasteiger partial charge in [0.15, 0.2) is 6.23 Å². The van der Waals surface area contributed by atoms with Crippen molar-refractivity contribution in [1.29, 1.82) is 0 Å². The Balaban J connectivity index is 2.60. The summed E-state index contributed by atoms with van der Waals surface area (Å²) in [6.07, 6.45) is -4.54. The predicted molar refractivity (Wildman–Crippen MR) is 65.6 cm³/mol. The molecule has 0 spiro atoms. The smallest absolute Gasteiger partial charge is 0.330 e. The van der Waals surface area contributed by atoms with Gasteiger partial charge in [0.1, 0.15) is 12.2 Å². The topological polar surface area (TPSA) is 105 Å². The highest BCUT2D eigenvalue weighted by Gasteiger charge is 2.57. The number of nitrogens with one attached hydrogen (secondary N) is 1. The normalized spacial score (nSPS) is 31.8. The van der Waals surface area contributed by atoms with Gasteiger partial charge in [0.2, 0.25) is 11.5 Å². The van der Waals surface area contributed by atoms with E-state index in [1.807, 2.05) is 0 Å². The van der Waals surface area contributed by atoms with Crippen molar-refractivity contribution in [2.75, 3.05) is 6.61 Å². The maximum Gasteiger partial charge on any atom is 0.330 e. The van der Waals surface area contributed by atoms with Crippen LogP contribution in [0.4, 0.5) is 8.78 Å². The van der Waals surface area contributed by atoms with Crippen LogP contribution in [0, 0.1) is 17.7 Å². The lowest BCUT2D eigenvalue weighted by Crippen LogP contribution is -2.45. The summed E-state index contributed by atoms with van der Waals surface area (Å²) in [5, 5.41) is 18.9. The molecule has 0 saturated carbocycles. The van der Waals surface area contributed by atoms with Gasteiger partial charge in [-0.1, -0.05) is 5.92 Å². The van der Waals surface area contributed by atoms with Gasteiger partial charge in [-0.05, 0) is 6.92 Å². The minimum absolute atomic E-state index is 0.444. The second-order valence-electron chi connectivity index (χ2n) is 4.44. The number of aliphatic hydroxyl groups is 2. The Morgan fingerprint density at radius 3 is 2.81 bits per heavy atom. The third-order valence-corrected chi connectivity index (χ3v) is 3.12. The summed E-state index contributed by atoms with van der Waals surface area (Å²) < 4.78 is 33.7. The number of halogens is 2. The number of ether oxygens (including phenoxy) is 1. The number of aliphatic hydroxyl groups excluding tert-OH is 2. The Morgan fingerprint density at radius 1 is 1.57 bits per heavy atom. The first kappa shape index (κ1) is 15.4. The van der Waals surface area contributed by atoms with E-state index in [2.05, 4.69) is 11.8 Å². The Morgan fingerprint density at radius 2 is 2.24 bits per heavy atom. The quantitative estimate of drug-likeness (QED) is 0.586. The molecule has 0 aromatic carbocycles. The molecule has 1 unspecified atom stereocenters. The average molecular weight is 302 g/mol. The SMILES string of the molecule is CC#C[C@@]1(F)C(O)[C@@H](CO)O[C@H]1n1cc(F)c(=O)[nH]c1=O. The zero-order valence-electron chi connectivity index (χ0n) is 10.8. The number of H-pyrrole nitrogens is 1. The van der Waals surface area contributed by atoms with Gasteiger partial charge in [-0.15, -0.1) is 5.92 Å². The summed E-state index contributed by atoms with van der Waals surface area (Å²) in [4.78, 5) is 24.3. The van der Waals surface area contributed by atoms with Crippen molar-refractivity contribution in [2.45, 2.75) is 31.0 Å². The van der Waals surface area contributed by atoms with Gasteiger partial charge in [0.25, 0.3) is 5.56 Å². The third kappa shape index (κ3) is 2.37. The van der Waals surface area contributed by atoms with E-state index in [4.69, 9.17) is 9.84 Å². The lowest BCUT2D eigenvalue weighted by molar-refractivity contribution is -0.0547. The molecule has 7 nitrogen and oxygen atoms in total. The van der Waals surface area contributed by atoms with E-state index in [0.29, 0.717) is 10.8 Å². The highest BCUT2D eigenvalue weighted by molar-refractivity contribution is 5.22. The maximum absolute atomic E-state index is 14.9. The Labute approximate surface area is 116 Å². The van der Waals surface area contributed by atoms with Crippen LogP contribution in [0.25, 0.3) is 0 Å². The van der Waals surface area contributed by atoms with E-state index in [-0.39, 0.29) is 0 Å². The van der Waals surface area contributed by atoms with Gasteiger partial charge >= 0.3 is 5.69 Å². The van der Waals surface area contributed by atoms with Crippen LogP contribution in [0.3, 0.4) is 0 Å². The number of alkyl halides is 1. The highest BCUT2D eigenvalue weighted by atomic mass is 19.1. The fraction of sp³-hybridized carbons (Fsp3) is 0.500. The maximum atomic E-state index is 14.9. The number of hydrogen-bond acceptors (Lipinski definition) is 5. The van der Waals surface area contributed by atoms with Gasteiger partial charge in [0.05, 0.1) is 12.8 Å². The number of nitrogens with zero attached hydrogens (tertiary/aromatic N) is 1. The highest BCUT2D eigenvalue weighted by Crippen LogP contribution is 2.40. The van der Waals surface area contributed by atoms with Gasteiger partial charge < -0.3 is 14.9 Å². The third-order valence-electron chi connectivity index (χ3n) is 3.12. The molecule has 1 aromatic rings. The zero-order valence-corrected chi connectivity index (χ0v) is 10.8. The van der Waals surface area contributed by atoms with Gasteiger partial charge in [-0.25, -0.2) is 9.18 Å². The Bertz CT molecular complexity index is 719. The minimum atomic E-state index is -2.74. The van der Waals surface area contributed by atoms with Gasteiger partial charge in [-0.3, -0.25) is 14.3 Å². The monoisotopic (exact) mass is 302 g/mol. The van der Waals surface area contributed by atoms with Crippen LogP contribution < -0.4 is 11.2 Å². The molecule has 1 aromatic heterocycles. The van der Waals surface area contributed by atoms with Crippen molar-refractivity contribution < 1.29 is 23.7 Å². The molecule has 0 bridgehead atoms. The summed E-state index contributed by atoms with van der Waals surface area (Å²) in [5.41, 5.74) is -5.13. The predicted octanol–water partition coefficient (Wildman–Crippen LogP) is -1.34. The van der Waals surface area contributed by atoms with E-state index >= 15 is 0 Å². The second-order valence-corrected chi connectivity index (χ2v) is 4.44. The number of rotatable bonds is 2. The molecular formula is C12H12F2N2O5. The van der Waals surface area contributed by atoms with Crippen molar-refractivity contribution in [3.63, 3.8) is 0 Å². The van der Waals surface area contributed by atoms with Crippen LogP contribution in [0.1, 0.15) is 13.2 Å². The average Bonchev–Trinajstić information content (AvgIpc) is 2.67. The van der Waals surface area contributed by atoms with E-state index in [0.717, 1.165) is 0 Å². The van der Waals surface area contributed by atoms with Crippen LogP contribution in [-0.4, -0.2) is 44.2 Å². The lowest BCUT2D eigenvalue weighted by Gasteiger charge is -2.23. The molecular weight excluding hydrogens is 290 g/mol. The minimum Gasteiger partial charge on any atom is -0.394 e. The molecule has 2 rings (SSSR count). The van der Waals surface area contributed by atoms with E-state index < -0.39 is 47.8 Å². The van der Waals surface area contributed by atoms with Crippen molar-refractivity contribution in [3.8, 4) is 11.8 Å². The Kier molecular flexibility index (Phi) is 3.95. The van der Waals surface area contributed by atoms with Crippen LogP contribution in [-0.2, 0) is 4.74 Å². The largest absolute Gasteiger partial charge is 0.394 e. The molecule has 1 aliphatic heterocycles. The summed E-state index contributed by atoms with van der Waals surface area (Å²) in [5.74, 6) is 2.98. The molecule has 0 amide bonds. The van der Waals surface area contributed by atoms with Crippen molar-refractivity contribution in [1.82, 2.24) is 9.55 Å². The number of hydrogen-bond donors (Lipinski definition) is 3. The van der Waals surface area contributed by atoms with Crippen molar-refractivity contribution >= 4 is 0 Å². The molecule has 0 radical (unpaired) electrons. The summed E-state index contributed by atoms with van der Waals surface area (Å²) >= 11 is 0. The van der Waals surface area contributed by atoms with Crippen LogP contribution in [0.5, 0.6) is 0 Å². The van der Waals surface area contributed by atoms with Crippen LogP contribution >= 0.6 is 0 Å². The van der Waals surface area contributed by atoms with Crippen molar-refractivity contribution in [3.05, 3.63) is 32.9 Å². The van der Waals surface area contributed by atoms with E-state index in [1.165, 1.54) is 6.92 Å². The van der Waals surface area contributed by atoms with E-state index in [9.17, 15) is 23.5 Å². The van der Waals surface area contributed by atoms with Crippen molar-refractivity contribution in [2.24, 2.45) is 0 Å². The number of aromatic nitrogens is 2. The molecule has 3 N–H and O–H groups in total. The van der Waals surface area contributed by atoms with E-state index in [1.54, 1.807) is 4.98 Å². The molecule has 1 saturated heterocycles. The van der Waals surface area contributed by atoms with Gasteiger partial charge in [0, 0.05) is 0 Å². The molecule has 1 aliphatic rings. The molecule has 9 heteroatoms. The molecule has 21 heavy (non-hydrogen) atoms. The molecule has 2 heterocycles. The number of aromatic amines is 1. The summed E-state index contributed by atoms with van der Waals surface area (Å²) in [6.45, 7) is 0.572. The molecule has 114 valence electrons. The summed E-state index contributed by atoms with van der Waals surface area (Å²) in [6, 6.07) is 0. The first-order valence-electron chi connectivity index (χ1n) is 5.93. The molecule has 0 aliphatic carbocycles. The first-order chi connectivity index (χ1) is 9.85. The molecule has 1 fully saturated rings. The Hall–Kier alpha value is -2.02. The molecule has 4 atom stereocenters. The standard InChI is InChI=1S/C12H12F2N2O5/c1-2-3-12(14)8(18)7(5-17)21-10(12)16-4-6(13)9(19)15-11(16)20/h4,7-8,10,17-18H,5H2,1H3,(H,15,19,20)/t7-,8?,10-,12-/m1/s1.